The van der Waals surface area contributed by atoms with Crippen molar-refractivity contribution >= 4 is 5.69 Å². The Morgan fingerprint density at radius 2 is 2.10 bits per heavy atom. The summed E-state index contributed by atoms with van der Waals surface area (Å²) in [6.45, 7) is 4.11. The first-order valence-corrected chi connectivity index (χ1v) is 3.61. The van der Waals surface area contributed by atoms with Crippen LogP contribution in [0.25, 0.3) is 0 Å². The van der Waals surface area contributed by atoms with Crippen LogP contribution in [0.15, 0.2) is 0 Å². The summed E-state index contributed by atoms with van der Waals surface area (Å²) in [4.78, 5) is 0. The lowest BCUT2D eigenvalue weighted by atomic mass is 10.2. The maximum absolute atomic E-state index is 5.73. The Morgan fingerprint density at radius 3 is 2.40 bits per heavy atom. The van der Waals surface area contributed by atoms with Gasteiger partial charge >= 0.3 is 0 Å². The maximum atomic E-state index is 5.73. The number of aromatic nitrogens is 2. The molecular formula is C7H13N3. The molecule has 3 N–H and O–H groups in total. The zero-order valence-corrected chi connectivity index (χ0v) is 6.44. The van der Waals surface area contributed by atoms with E-state index in [0.717, 1.165) is 29.9 Å². The number of H-pyrrole nitrogens is 1. The van der Waals surface area contributed by atoms with Gasteiger partial charge in [0.25, 0.3) is 0 Å². The molecule has 0 saturated carbocycles. The van der Waals surface area contributed by atoms with Crippen LogP contribution in [0.1, 0.15) is 25.2 Å². The molecule has 0 unspecified atom stereocenters. The summed E-state index contributed by atoms with van der Waals surface area (Å²) in [6.07, 6.45) is 1.83. The summed E-state index contributed by atoms with van der Waals surface area (Å²) >= 11 is 0. The van der Waals surface area contributed by atoms with Gasteiger partial charge in [-0.05, 0) is 12.8 Å². The summed E-state index contributed by atoms with van der Waals surface area (Å²) in [5, 5.41) is 6.95. The van der Waals surface area contributed by atoms with Gasteiger partial charge in [0, 0.05) is 0 Å². The third kappa shape index (κ3) is 0.988. The van der Waals surface area contributed by atoms with Gasteiger partial charge in [0.1, 0.15) is 0 Å². The predicted octanol–water partition coefficient (Wildman–Crippen LogP) is 1.12. The summed E-state index contributed by atoms with van der Waals surface area (Å²) in [5.74, 6) is 0. The van der Waals surface area contributed by atoms with Crippen molar-refractivity contribution in [3.63, 3.8) is 0 Å². The summed E-state index contributed by atoms with van der Waals surface area (Å²) < 4.78 is 0. The van der Waals surface area contributed by atoms with E-state index in [1.54, 1.807) is 0 Å². The number of aromatic amines is 1. The van der Waals surface area contributed by atoms with Gasteiger partial charge in [0.2, 0.25) is 0 Å². The van der Waals surface area contributed by atoms with Crippen LogP contribution in [0, 0.1) is 0 Å². The standard InChI is InChI=1S/C7H13N3/c1-3-5-7(8)6(4-2)10-9-5/h3-4,8H2,1-2H3,(H,9,10). The molecule has 0 aromatic carbocycles. The first-order chi connectivity index (χ1) is 4.79. The predicted molar refractivity (Wildman–Crippen MR) is 41.8 cm³/mol. The van der Waals surface area contributed by atoms with Crippen molar-refractivity contribution in [1.82, 2.24) is 10.2 Å². The molecule has 0 fully saturated rings. The molecule has 0 amide bonds. The monoisotopic (exact) mass is 139 g/mol. The number of hydrogen-bond acceptors (Lipinski definition) is 2. The summed E-state index contributed by atoms with van der Waals surface area (Å²) in [5.41, 5.74) is 8.60. The Hall–Kier alpha value is -0.990. The fraction of sp³-hybridized carbons (Fsp3) is 0.571. The Labute approximate surface area is 60.6 Å². The van der Waals surface area contributed by atoms with Gasteiger partial charge in [0.15, 0.2) is 0 Å². The van der Waals surface area contributed by atoms with Gasteiger partial charge in [-0.2, -0.15) is 5.10 Å². The number of rotatable bonds is 2. The lowest BCUT2D eigenvalue weighted by molar-refractivity contribution is 0.936. The normalized spacial score (nSPS) is 10.2. The minimum absolute atomic E-state index is 0.838. The van der Waals surface area contributed by atoms with Gasteiger partial charge in [-0.1, -0.05) is 13.8 Å². The molecule has 1 rings (SSSR count). The van der Waals surface area contributed by atoms with Crippen molar-refractivity contribution in [1.29, 1.82) is 0 Å². The molecule has 0 aliphatic heterocycles. The van der Waals surface area contributed by atoms with Crippen LogP contribution in [0.2, 0.25) is 0 Å². The number of anilines is 1. The maximum Gasteiger partial charge on any atom is 0.0851 e. The van der Waals surface area contributed by atoms with Gasteiger partial charge < -0.3 is 5.73 Å². The zero-order valence-electron chi connectivity index (χ0n) is 6.44. The fourth-order valence-corrected chi connectivity index (χ4v) is 0.969. The molecule has 0 aliphatic carbocycles. The van der Waals surface area contributed by atoms with Crippen molar-refractivity contribution in [3.05, 3.63) is 11.4 Å². The first-order valence-electron chi connectivity index (χ1n) is 3.61. The third-order valence-corrected chi connectivity index (χ3v) is 1.65. The highest BCUT2D eigenvalue weighted by atomic mass is 15.1. The number of nitrogens with one attached hydrogen (secondary N) is 1. The van der Waals surface area contributed by atoms with Crippen LogP contribution in [0.4, 0.5) is 5.69 Å². The largest absolute Gasteiger partial charge is 0.396 e. The van der Waals surface area contributed by atoms with E-state index in [0.29, 0.717) is 0 Å². The van der Waals surface area contributed by atoms with Crippen LogP contribution >= 0.6 is 0 Å². The summed E-state index contributed by atoms with van der Waals surface area (Å²) in [6, 6.07) is 0. The molecule has 0 radical (unpaired) electrons. The van der Waals surface area contributed by atoms with E-state index < -0.39 is 0 Å². The van der Waals surface area contributed by atoms with Crippen molar-refractivity contribution in [2.24, 2.45) is 0 Å². The fourth-order valence-electron chi connectivity index (χ4n) is 0.969. The zero-order chi connectivity index (χ0) is 7.56. The van der Waals surface area contributed by atoms with E-state index in [9.17, 15) is 0 Å². The van der Waals surface area contributed by atoms with Crippen LogP contribution in [-0.4, -0.2) is 10.2 Å². The Bertz CT molecular complexity index is 193. The minimum atomic E-state index is 0.838. The number of nitrogens with zero attached hydrogens (tertiary/aromatic N) is 1. The number of nitrogen functional groups attached to an aromatic ring is 1. The second kappa shape index (κ2) is 2.73. The van der Waals surface area contributed by atoms with E-state index in [-0.39, 0.29) is 0 Å². The molecule has 3 heteroatoms. The molecule has 3 nitrogen and oxygen atoms in total. The molecule has 10 heavy (non-hydrogen) atoms. The molecule has 1 aromatic rings. The molecule has 1 heterocycles. The number of nitrogens with two attached hydrogens (primary N) is 1. The third-order valence-electron chi connectivity index (χ3n) is 1.65. The van der Waals surface area contributed by atoms with Crippen molar-refractivity contribution in [3.8, 4) is 0 Å². The van der Waals surface area contributed by atoms with E-state index in [4.69, 9.17) is 5.73 Å². The van der Waals surface area contributed by atoms with Gasteiger partial charge in [-0.25, -0.2) is 0 Å². The van der Waals surface area contributed by atoms with E-state index in [1.165, 1.54) is 0 Å². The lowest BCUT2D eigenvalue weighted by Gasteiger charge is -1.92. The number of hydrogen-bond donors (Lipinski definition) is 2. The van der Waals surface area contributed by atoms with Crippen LogP contribution in [-0.2, 0) is 12.8 Å². The van der Waals surface area contributed by atoms with E-state index in [1.807, 2.05) is 6.92 Å². The summed E-state index contributed by atoms with van der Waals surface area (Å²) in [7, 11) is 0. The molecule has 0 spiro atoms. The molecule has 56 valence electrons. The Kier molecular flexibility index (Phi) is 1.94. The first kappa shape index (κ1) is 7.12. The highest BCUT2D eigenvalue weighted by Gasteiger charge is 2.04. The Balaban J connectivity index is 2.97. The van der Waals surface area contributed by atoms with E-state index in [2.05, 4.69) is 17.1 Å². The van der Waals surface area contributed by atoms with Crippen molar-refractivity contribution < 1.29 is 0 Å². The highest BCUT2D eigenvalue weighted by molar-refractivity contribution is 5.47. The SMILES string of the molecule is CCc1n[nH]c(CC)c1N. The van der Waals surface area contributed by atoms with Crippen LogP contribution in [0.5, 0.6) is 0 Å². The van der Waals surface area contributed by atoms with Crippen LogP contribution < -0.4 is 5.73 Å². The average molecular weight is 139 g/mol. The Morgan fingerprint density at radius 1 is 1.40 bits per heavy atom. The second-order valence-corrected chi connectivity index (χ2v) is 2.27. The van der Waals surface area contributed by atoms with Gasteiger partial charge in [-0.15, -0.1) is 0 Å². The van der Waals surface area contributed by atoms with Crippen molar-refractivity contribution in [2.75, 3.05) is 5.73 Å². The molecule has 0 atom stereocenters. The van der Waals surface area contributed by atoms with Crippen molar-refractivity contribution in [2.45, 2.75) is 26.7 Å². The quantitative estimate of drug-likeness (QED) is 0.645. The average Bonchev–Trinajstić information content (AvgIpc) is 2.30. The molecule has 0 saturated heterocycles. The molecular weight excluding hydrogens is 126 g/mol. The molecule has 0 bridgehead atoms. The van der Waals surface area contributed by atoms with Crippen LogP contribution in [0.3, 0.4) is 0 Å². The van der Waals surface area contributed by atoms with Gasteiger partial charge in [-0.3, -0.25) is 5.10 Å². The minimum Gasteiger partial charge on any atom is -0.396 e. The highest BCUT2D eigenvalue weighted by Crippen LogP contribution is 2.13. The van der Waals surface area contributed by atoms with E-state index >= 15 is 0 Å². The molecule has 1 aromatic heterocycles. The van der Waals surface area contributed by atoms with Gasteiger partial charge in [0.05, 0.1) is 17.1 Å². The smallest absolute Gasteiger partial charge is 0.0851 e. The lowest BCUT2D eigenvalue weighted by Crippen LogP contribution is -1.92. The number of aryl methyl sites for hydroxylation is 2. The second-order valence-electron chi connectivity index (χ2n) is 2.27. The topological polar surface area (TPSA) is 54.7 Å². The molecule has 0 aliphatic rings.